The molecule has 2 N–H and O–H groups in total. The Kier molecular flexibility index (Phi) is 3.81. The third kappa shape index (κ3) is 2.52. The quantitative estimate of drug-likeness (QED) is 0.800. The Morgan fingerprint density at radius 1 is 1.17 bits per heavy atom. The van der Waals surface area contributed by atoms with E-state index in [1.807, 2.05) is 0 Å². The molecule has 6 unspecified atom stereocenters. The predicted molar refractivity (Wildman–Crippen MR) is 93.6 cm³/mol. The number of hydrogen-bond donors (Lipinski definition) is 2. The van der Waals surface area contributed by atoms with E-state index in [-0.39, 0.29) is 11.9 Å². The number of aliphatic hydroxyl groups is 1. The summed E-state index contributed by atoms with van der Waals surface area (Å²) in [5.74, 6) is 1.86. The van der Waals surface area contributed by atoms with Gasteiger partial charge in [-0.1, -0.05) is 11.8 Å². The molecule has 134 valence electrons. The van der Waals surface area contributed by atoms with E-state index in [1.54, 1.807) is 20.8 Å². The van der Waals surface area contributed by atoms with Crippen molar-refractivity contribution in [1.29, 1.82) is 0 Å². The molecule has 3 saturated carbocycles. The second kappa shape index (κ2) is 5.44. The summed E-state index contributed by atoms with van der Waals surface area (Å²) in [5.41, 5.74) is -1.15. The molecule has 3 aliphatic carbocycles. The van der Waals surface area contributed by atoms with E-state index in [9.17, 15) is 14.3 Å². The molecule has 7 atom stereocenters. The summed E-state index contributed by atoms with van der Waals surface area (Å²) in [6, 6.07) is 0.216. The minimum atomic E-state index is -1.15. The second-order valence-electron chi connectivity index (χ2n) is 8.90. The van der Waals surface area contributed by atoms with Gasteiger partial charge in [-0.3, -0.25) is 4.79 Å². The maximum atomic E-state index is 14.2. The fourth-order valence-electron chi connectivity index (χ4n) is 5.33. The second-order valence-corrected chi connectivity index (χ2v) is 10.3. The van der Waals surface area contributed by atoms with Crippen LogP contribution in [0.15, 0.2) is 4.99 Å². The Labute approximate surface area is 147 Å². The Bertz CT molecular complexity index is 590. The number of amidine groups is 1. The molecule has 1 heterocycles. The van der Waals surface area contributed by atoms with Crippen molar-refractivity contribution in [3.8, 4) is 0 Å². The number of nitrogens with one attached hydrogen (secondary N) is 1. The summed E-state index contributed by atoms with van der Waals surface area (Å²) >= 11 is 1.33. The number of rotatable bonds is 2. The van der Waals surface area contributed by atoms with Gasteiger partial charge in [-0.2, -0.15) is 4.99 Å². The molecule has 0 saturated heterocycles. The monoisotopic (exact) mass is 354 g/mol. The molecule has 4 rings (SSSR count). The standard InChI is InChI=1S/C18H27FN2O2S/c1-17(2,23)18(3)15(22)21-16(24-18)20-14-11-4-9-5-12(14)8-13(19)7-10(9)6-11/h9-14,23H,4-8H2,1-3H3,(H,20,21,22)/t9?,10?,11?,12?,13?,14-,18?/m0/s1. The zero-order chi connectivity index (χ0) is 17.3. The number of thioether (sulfide) groups is 1. The first kappa shape index (κ1) is 16.8. The van der Waals surface area contributed by atoms with Crippen molar-refractivity contribution in [3.63, 3.8) is 0 Å². The molecule has 0 aromatic heterocycles. The SMILES string of the molecule is CC(C)(O)C1(C)SC(N[C@@H]2C3CC(F)CC4CC2CC4C3)=NC1=O. The van der Waals surface area contributed by atoms with Gasteiger partial charge in [-0.05, 0) is 76.5 Å². The predicted octanol–water partition coefficient (Wildman–Crippen LogP) is 2.90. The molecule has 0 radical (unpaired) electrons. The molecule has 3 fully saturated rings. The van der Waals surface area contributed by atoms with Gasteiger partial charge in [0.25, 0.3) is 5.91 Å². The van der Waals surface area contributed by atoms with Crippen LogP contribution in [0.2, 0.25) is 0 Å². The Morgan fingerprint density at radius 3 is 2.29 bits per heavy atom. The lowest BCUT2D eigenvalue weighted by molar-refractivity contribution is -0.124. The molecule has 0 aromatic carbocycles. The first-order chi connectivity index (χ1) is 11.2. The Morgan fingerprint density at radius 2 is 1.71 bits per heavy atom. The van der Waals surface area contributed by atoms with Crippen LogP contribution in [0.3, 0.4) is 0 Å². The molecule has 4 nitrogen and oxygen atoms in total. The number of carbonyl (C=O) groups is 1. The highest BCUT2D eigenvalue weighted by Gasteiger charge is 2.54. The number of fused-ring (bicyclic) bond motifs is 2. The van der Waals surface area contributed by atoms with Gasteiger partial charge in [0.1, 0.15) is 10.9 Å². The van der Waals surface area contributed by atoms with E-state index in [0.717, 1.165) is 19.3 Å². The van der Waals surface area contributed by atoms with Crippen molar-refractivity contribution in [2.45, 2.75) is 75.4 Å². The van der Waals surface area contributed by atoms with Crippen molar-refractivity contribution in [2.24, 2.45) is 28.7 Å². The summed E-state index contributed by atoms with van der Waals surface area (Å²) < 4.78 is 13.3. The van der Waals surface area contributed by atoms with Crippen LogP contribution < -0.4 is 5.32 Å². The van der Waals surface area contributed by atoms with Crippen molar-refractivity contribution in [3.05, 3.63) is 0 Å². The van der Waals surface area contributed by atoms with Crippen LogP contribution in [-0.4, -0.2) is 38.7 Å². The minimum Gasteiger partial charge on any atom is -0.388 e. The summed E-state index contributed by atoms with van der Waals surface area (Å²) in [5, 5.41) is 14.5. The molecule has 3 bridgehead atoms. The van der Waals surface area contributed by atoms with Gasteiger partial charge in [-0.15, -0.1) is 0 Å². The maximum Gasteiger partial charge on any atom is 0.267 e. The molecule has 6 heteroatoms. The van der Waals surface area contributed by atoms with Crippen LogP contribution in [-0.2, 0) is 4.79 Å². The fourth-order valence-corrected chi connectivity index (χ4v) is 6.42. The van der Waals surface area contributed by atoms with Gasteiger partial charge in [0.15, 0.2) is 5.17 Å². The number of carbonyl (C=O) groups excluding carboxylic acids is 1. The minimum absolute atomic E-state index is 0.216. The summed E-state index contributed by atoms with van der Waals surface area (Å²) in [4.78, 5) is 16.5. The van der Waals surface area contributed by atoms with Crippen molar-refractivity contribution in [1.82, 2.24) is 5.32 Å². The highest BCUT2D eigenvalue weighted by Crippen LogP contribution is 2.54. The molecule has 0 spiro atoms. The van der Waals surface area contributed by atoms with Gasteiger partial charge in [0.05, 0.1) is 5.60 Å². The number of nitrogens with zero attached hydrogens (tertiary/aromatic N) is 1. The summed E-state index contributed by atoms with van der Waals surface area (Å²) in [6.07, 6.45) is 4.09. The van der Waals surface area contributed by atoms with Crippen LogP contribution in [0.25, 0.3) is 0 Å². The summed E-state index contributed by atoms with van der Waals surface area (Å²) in [7, 11) is 0. The van der Waals surface area contributed by atoms with E-state index < -0.39 is 16.5 Å². The van der Waals surface area contributed by atoms with Gasteiger partial charge in [0, 0.05) is 6.04 Å². The summed E-state index contributed by atoms with van der Waals surface area (Å²) in [6.45, 7) is 5.05. The molecule has 24 heavy (non-hydrogen) atoms. The zero-order valence-corrected chi connectivity index (χ0v) is 15.4. The highest BCUT2D eigenvalue weighted by molar-refractivity contribution is 8.16. The van der Waals surface area contributed by atoms with Crippen LogP contribution in [0.4, 0.5) is 4.39 Å². The molecule has 0 aromatic rings. The third-order valence-corrected chi connectivity index (χ3v) is 8.47. The van der Waals surface area contributed by atoms with E-state index in [0.29, 0.717) is 35.3 Å². The van der Waals surface area contributed by atoms with Gasteiger partial charge in [-0.25, -0.2) is 4.39 Å². The smallest absolute Gasteiger partial charge is 0.267 e. The molecule has 4 aliphatic rings. The molecular formula is C18H27FN2O2S. The average molecular weight is 354 g/mol. The zero-order valence-electron chi connectivity index (χ0n) is 14.6. The number of hydrogen-bond acceptors (Lipinski definition) is 4. The lowest BCUT2D eigenvalue weighted by atomic mass is 9.75. The van der Waals surface area contributed by atoms with Crippen LogP contribution in [0.5, 0.6) is 0 Å². The van der Waals surface area contributed by atoms with E-state index in [2.05, 4.69) is 10.3 Å². The van der Waals surface area contributed by atoms with Gasteiger partial charge in [0.2, 0.25) is 0 Å². The number of alkyl halides is 1. The van der Waals surface area contributed by atoms with Crippen molar-refractivity contribution < 1.29 is 14.3 Å². The molecule has 1 aliphatic heterocycles. The Hall–Kier alpha value is -0.620. The first-order valence-corrected chi connectivity index (χ1v) is 9.94. The lowest BCUT2D eigenvalue weighted by Crippen LogP contribution is -2.50. The van der Waals surface area contributed by atoms with Gasteiger partial charge >= 0.3 is 0 Å². The highest BCUT2D eigenvalue weighted by atomic mass is 32.2. The third-order valence-electron chi connectivity index (χ3n) is 6.99. The van der Waals surface area contributed by atoms with Crippen LogP contribution in [0, 0.1) is 23.7 Å². The number of amides is 1. The van der Waals surface area contributed by atoms with Crippen molar-refractivity contribution >= 4 is 22.8 Å². The van der Waals surface area contributed by atoms with Crippen LogP contribution >= 0.6 is 11.8 Å². The van der Waals surface area contributed by atoms with Crippen LogP contribution in [0.1, 0.15) is 52.9 Å². The first-order valence-electron chi connectivity index (χ1n) is 9.12. The fraction of sp³-hybridized carbons (Fsp3) is 0.889. The van der Waals surface area contributed by atoms with Crippen molar-refractivity contribution in [2.75, 3.05) is 0 Å². The largest absolute Gasteiger partial charge is 0.388 e. The van der Waals surface area contributed by atoms with E-state index in [1.165, 1.54) is 18.2 Å². The molecule has 1 amide bonds. The topological polar surface area (TPSA) is 61.7 Å². The van der Waals surface area contributed by atoms with E-state index in [4.69, 9.17) is 0 Å². The lowest BCUT2D eigenvalue weighted by Gasteiger charge is -2.38. The average Bonchev–Trinajstić information content (AvgIpc) is 2.89. The number of aliphatic imine (C=N–C) groups is 1. The van der Waals surface area contributed by atoms with Gasteiger partial charge < -0.3 is 10.4 Å². The Balaban J connectivity index is 1.52. The maximum absolute atomic E-state index is 14.2. The molecular weight excluding hydrogens is 327 g/mol. The number of halogens is 1. The normalized spacial score (nSPS) is 47.7. The van der Waals surface area contributed by atoms with E-state index >= 15 is 0 Å².